The van der Waals surface area contributed by atoms with Gasteiger partial charge in [-0.3, -0.25) is 9.36 Å². The Labute approximate surface area is 126 Å². The van der Waals surface area contributed by atoms with Crippen molar-refractivity contribution in [1.29, 1.82) is 0 Å². The molecule has 2 heterocycles. The Kier molecular flexibility index (Phi) is 3.89. The Morgan fingerprint density at radius 1 is 1.50 bits per heavy atom. The predicted octanol–water partition coefficient (Wildman–Crippen LogP) is 2.47. The molecule has 0 bridgehead atoms. The number of aryl methyl sites for hydroxylation is 1. The molecule has 0 saturated carbocycles. The van der Waals surface area contributed by atoms with E-state index in [4.69, 9.17) is 0 Å². The Morgan fingerprint density at radius 2 is 2.35 bits per heavy atom. The van der Waals surface area contributed by atoms with E-state index >= 15 is 0 Å². The van der Waals surface area contributed by atoms with Crippen molar-refractivity contribution >= 4 is 26.8 Å². The van der Waals surface area contributed by atoms with Crippen LogP contribution in [0.2, 0.25) is 0 Å². The number of hydrogen-bond donors (Lipinski definition) is 1. The Hall–Kier alpha value is -1.20. The first-order chi connectivity index (χ1) is 9.65. The van der Waals surface area contributed by atoms with E-state index in [0.29, 0.717) is 11.3 Å². The Balaban J connectivity index is 2.03. The number of rotatable bonds is 2. The molecule has 3 rings (SSSR count). The fourth-order valence-corrected chi connectivity index (χ4v) is 3.22. The second-order valence-electron chi connectivity index (χ2n) is 5.45. The standard InChI is InChI=1S/C15H18BrN3O/c1-10-18-14-5-4-12(16)7-13(14)15(20)19(10)9-11-3-2-6-17-8-11/h4-5,7,11,17H,2-3,6,8-9H2,1H3/t11-/m0/s1. The second-order valence-corrected chi connectivity index (χ2v) is 6.36. The van der Waals surface area contributed by atoms with E-state index in [1.54, 1.807) is 0 Å². The maximum Gasteiger partial charge on any atom is 0.261 e. The molecule has 0 radical (unpaired) electrons. The third-order valence-corrected chi connectivity index (χ3v) is 4.44. The second kappa shape index (κ2) is 5.66. The molecule has 1 aromatic carbocycles. The van der Waals surface area contributed by atoms with Crippen molar-refractivity contribution in [3.05, 3.63) is 38.9 Å². The van der Waals surface area contributed by atoms with Crippen molar-refractivity contribution in [1.82, 2.24) is 14.9 Å². The van der Waals surface area contributed by atoms with Crippen molar-refractivity contribution in [2.75, 3.05) is 13.1 Å². The van der Waals surface area contributed by atoms with Crippen LogP contribution < -0.4 is 10.9 Å². The first kappa shape index (κ1) is 13.8. The molecule has 1 aliphatic heterocycles. The molecule has 1 aliphatic rings. The van der Waals surface area contributed by atoms with E-state index < -0.39 is 0 Å². The van der Waals surface area contributed by atoms with Crippen LogP contribution in [0.4, 0.5) is 0 Å². The van der Waals surface area contributed by atoms with E-state index in [1.807, 2.05) is 29.7 Å². The Bertz CT molecular complexity index is 689. The number of nitrogens with one attached hydrogen (secondary N) is 1. The van der Waals surface area contributed by atoms with Gasteiger partial charge in [-0.1, -0.05) is 15.9 Å². The summed E-state index contributed by atoms with van der Waals surface area (Å²) in [5.41, 5.74) is 0.841. The van der Waals surface area contributed by atoms with Crippen LogP contribution in [-0.2, 0) is 6.54 Å². The molecule has 1 saturated heterocycles. The summed E-state index contributed by atoms with van der Waals surface area (Å²) in [6.45, 7) is 4.75. The number of aromatic nitrogens is 2. The molecule has 1 atom stereocenters. The number of benzene rings is 1. The smallest absolute Gasteiger partial charge is 0.261 e. The summed E-state index contributed by atoms with van der Waals surface area (Å²) in [6.07, 6.45) is 2.36. The van der Waals surface area contributed by atoms with Crippen LogP contribution in [0.1, 0.15) is 18.7 Å². The highest BCUT2D eigenvalue weighted by Gasteiger charge is 2.16. The zero-order chi connectivity index (χ0) is 14.1. The molecule has 0 unspecified atom stereocenters. The highest BCUT2D eigenvalue weighted by molar-refractivity contribution is 9.10. The molecule has 20 heavy (non-hydrogen) atoms. The van der Waals surface area contributed by atoms with Crippen molar-refractivity contribution in [2.24, 2.45) is 5.92 Å². The molecule has 1 N–H and O–H groups in total. The largest absolute Gasteiger partial charge is 0.316 e. The van der Waals surface area contributed by atoms with Crippen molar-refractivity contribution < 1.29 is 0 Å². The molecule has 106 valence electrons. The van der Waals surface area contributed by atoms with Gasteiger partial charge in [-0.25, -0.2) is 4.98 Å². The quantitative estimate of drug-likeness (QED) is 0.917. The van der Waals surface area contributed by atoms with Gasteiger partial charge in [-0.2, -0.15) is 0 Å². The van der Waals surface area contributed by atoms with E-state index in [2.05, 4.69) is 26.2 Å². The van der Waals surface area contributed by atoms with Gasteiger partial charge in [0.15, 0.2) is 0 Å². The van der Waals surface area contributed by atoms with Gasteiger partial charge in [0.1, 0.15) is 5.82 Å². The molecule has 0 aliphatic carbocycles. The first-order valence-corrected chi connectivity index (χ1v) is 7.82. The van der Waals surface area contributed by atoms with Crippen LogP contribution in [-0.4, -0.2) is 22.6 Å². The predicted molar refractivity (Wildman–Crippen MR) is 84.0 cm³/mol. The number of halogens is 1. The summed E-state index contributed by atoms with van der Waals surface area (Å²) in [7, 11) is 0. The van der Waals surface area contributed by atoms with Gasteiger partial charge >= 0.3 is 0 Å². The van der Waals surface area contributed by atoms with Gasteiger partial charge in [0, 0.05) is 11.0 Å². The van der Waals surface area contributed by atoms with E-state index in [0.717, 1.165) is 35.4 Å². The molecular formula is C15H18BrN3O. The molecule has 5 heteroatoms. The Morgan fingerprint density at radius 3 is 3.10 bits per heavy atom. The van der Waals surface area contributed by atoms with Gasteiger partial charge in [-0.15, -0.1) is 0 Å². The van der Waals surface area contributed by atoms with E-state index in [9.17, 15) is 4.79 Å². The molecule has 1 aromatic heterocycles. The van der Waals surface area contributed by atoms with Crippen LogP contribution in [0.5, 0.6) is 0 Å². The SMILES string of the molecule is Cc1nc2ccc(Br)cc2c(=O)n1C[C@H]1CCCNC1. The summed E-state index contributed by atoms with van der Waals surface area (Å²) >= 11 is 3.42. The lowest BCUT2D eigenvalue weighted by molar-refractivity contribution is 0.330. The average molecular weight is 336 g/mol. The summed E-state index contributed by atoms with van der Waals surface area (Å²) < 4.78 is 2.74. The average Bonchev–Trinajstić information content (AvgIpc) is 2.46. The molecule has 1 fully saturated rings. The normalized spacial score (nSPS) is 19.4. The van der Waals surface area contributed by atoms with Crippen LogP contribution in [0.25, 0.3) is 10.9 Å². The van der Waals surface area contributed by atoms with E-state index in [1.165, 1.54) is 12.8 Å². The minimum absolute atomic E-state index is 0.0689. The highest BCUT2D eigenvalue weighted by atomic mass is 79.9. The van der Waals surface area contributed by atoms with Crippen molar-refractivity contribution in [3.63, 3.8) is 0 Å². The monoisotopic (exact) mass is 335 g/mol. The topological polar surface area (TPSA) is 46.9 Å². The molecule has 4 nitrogen and oxygen atoms in total. The fraction of sp³-hybridized carbons (Fsp3) is 0.467. The maximum atomic E-state index is 12.7. The summed E-state index contributed by atoms with van der Waals surface area (Å²) in [5.74, 6) is 1.32. The summed E-state index contributed by atoms with van der Waals surface area (Å²) in [5, 5.41) is 4.09. The maximum absolute atomic E-state index is 12.7. The number of piperidine rings is 1. The van der Waals surface area contributed by atoms with E-state index in [-0.39, 0.29) is 5.56 Å². The van der Waals surface area contributed by atoms with Gasteiger partial charge in [0.2, 0.25) is 0 Å². The highest BCUT2D eigenvalue weighted by Crippen LogP contribution is 2.17. The number of hydrogen-bond acceptors (Lipinski definition) is 3. The van der Waals surface area contributed by atoms with Gasteiger partial charge in [0.25, 0.3) is 5.56 Å². The molecule has 0 spiro atoms. The summed E-state index contributed by atoms with van der Waals surface area (Å²) in [4.78, 5) is 17.2. The zero-order valence-corrected chi connectivity index (χ0v) is 13.1. The third kappa shape index (κ3) is 2.65. The lowest BCUT2D eigenvalue weighted by Crippen LogP contribution is -2.35. The summed E-state index contributed by atoms with van der Waals surface area (Å²) in [6, 6.07) is 5.67. The minimum Gasteiger partial charge on any atom is -0.316 e. The van der Waals surface area contributed by atoms with Crippen LogP contribution in [0, 0.1) is 12.8 Å². The molecule has 0 amide bonds. The third-order valence-electron chi connectivity index (χ3n) is 3.95. The lowest BCUT2D eigenvalue weighted by atomic mass is 9.99. The first-order valence-electron chi connectivity index (χ1n) is 7.02. The number of fused-ring (bicyclic) bond motifs is 1. The van der Waals surface area contributed by atoms with Crippen molar-refractivity contribution in [2.45, 2.75) is 26.3 Å². The van der Waals surface area contributed by atoms with Crippen LogP contribution in [0.15, 0.2) is 27.5 Å². The van der Waals surface area contributed by atoms with Crippen LogP contribution >= 0.6 is 15.9 Å². The minimum atomic E-state index is 0.0689. The lowest BCUT2D eigenvalue weighted by Gasteiger charge is -2.24. The zero-order valence-electron chi connectivity index (χ0n) is 11.5. The number of nitrogens with zero attached hydrogens (tertiary/aromatic N) is 2. The fourth-order valence-electron chi connectivity index (χ4n) is 2.86. The van der Waals surface area contributed by atoms with Crippen LogP contribution in [0.3, 0.4) is 0 Å². The molecule has 2 aromatic rings. The molecular weight excluding hydrogens is 318 g/mol. The van der Waals surface area contributed by atoms with Gasteiger partial charge in [-0.05, 0) is 57.0 Å². The van der Waals surface area contributed by atoms with Gasteiger partial charge < -0.3 is 5.32 Å². The van der Waals surface area contributed by atoms with Gasteiger partial charge in [0.05, 0.1) is 10.9 Å². The van der Waals surface area contributed by atoms with Crippen molar-refractivity contribution in [3.8, 4) is 0 Å².